The van der Waals surface area contributed by atoms with E-state index in [4.69, 9.17) is 5.11 Å². The van der Waals surface area contributed by atoms with Crippen molar-refractivity contribution in [3.8, 4) is 0 Å². The lowest BCUT2D eigenvalue weighted by molar-refractivity contribution is 0.0696. The summed E-state index contributed by atoms with van der Waals surface area (Å²) >= 11 is 0. The van der Waals surface area contributed by atoms with Crippen molar-refractivity contribution in [1.29, 1.82) is 0 Å². The number of rotatable bonds is 2. The molecule has 1 N–H and O–H groups in total. The van der Waals surface area contributed by atoms with Crippen molar-refractivity contribution in [2.24, 2.45) is 0 Å². The third kappa shape index (κ3) is 2.36. The lowest BCUT2D eigenvalue weighted by atomic mass is 10.1. The zero-order valence-corrected chi connectivity index (χ0v) is 6.88. The average molecular weight is 187 g/mol. The van der Waals surface area contributed by atoms with E-state index in [1.54, 1.807) is 0 Å². The Morgan fingerprint density at radius 1 is 1.25 bits per heavy atom. The fraction of sp³-hybridized carbons (Fsp3) is 0. The Bertz CT molecular complexity index is 279. The van der Waals surface area contributed by atoms with Gasteiger partial charge in [-0.3, -0.25) is 4.79 Å². The van der Waals surface area contributed by atoms with Gasteiger partial charge in [0.2, 0.25) is 0 Å². The summed E-state index contributed by atoms with van der Waals surface area (Å²) in [5.74, 6) is -0.984. The maximum atomic E-state index is 10.3. The predicted octanol–water partition coefficient (Wildman–Crippen LogP) is 1.62. The van der Waals surface area contributed by atoms with E-state index in [0.29, 0.717) is 11.8 Å². The van der Waals surface area contributed by atoms with Gasteiger partial charge < -0.3 is 5.11 Å². The molecule has 0 spiro atoms. The monoisotopic (exact) mass is 186 g/mol. The molecule has 1 rings (SSSR count). The van der Waals surface area contributed by atoms with Crippen LogP contribution >= 0.6 is 12.4 Å². The second-order valence-corrected chi connectivity index (χ2v) is 2.05. The fourth-order valence-electron chi connectivity index (χ4n) is 0.704. The highest BCUT2D eigenvalue weighted by molar-refractivity contribution is 5.88. The van der Waals surface area contributed by atoms with E-state index < -0.39 is 5.97 Å². The van der Waals surface area contributed by atoms with Gasteiger partial charge in [-0.05, 0) is 12.1 Å². The van der Waals surface area contributed by atoms with Crippen LogP contribution in [0.1, 0.15) is 20.7 Å². The van der Waals surface area contributed by atoms with Gasteiger partial charge in [-0.2, -0.15) is 0 Å². The normalized spacial score (nSPS) is 8.33. The largest absolute Gasteiger partial charge is 0.478 e. The highest BCUT2D eigenvalue weighted by Crippen LogP contribution is 2.01. The summed E-state index contributed by atoms with van der Waals surface area (Å²) in [7, 11) is 0. The number of aldehydes is 1. The number of aromatic carboxylic acids is 1. The van der Waals surface area contributed by atoms with Crippen LogP contribution in [0.4, 0.5) is 0 Å². The molecular formula is C8H7ClO3. The van der Waals surface area contributed by atoms with E-state index in [1.807, 2.05) is 0 Å². The molecule has 0 aliphatic rings. The van der Waals surface area contributed by atoms with E-state index in [0.717, 1.165) is 0 Å². The van der Waals surface area contributed by atoms with Crippen molar-refractivity contribution in [3.05, 3.63) is 35.4 Å². The van der Waals surface area contributed by atoms with E-state index in [-0.39, 0.29) is 18.0 Å². The molecule has 0 aliphatic carbocycles. The molecule has 0 heterocycles. The summed E-state index contributed by atoms with van der Waals surface area (Å²) in [6, 6.07) is 5.73. The predicted molar refractivity (Wildman–Crippen MR) is 46.0 cm³/mol. The first kappa shape index (κ1) is 10.7. The number of carboxylic acids is 1. The van der Waals surface area contributed by atoms with Gasteiger partial charge in [-0.1, -0.05) is 12.1 Å². The molecule has 0 unspecified atom stereocenters. The number of carbonyl (C=O) groups is 2. The Morgan fingerprint density at radius 3 is 2.08 bits per heavy atom. The molecule has 0 fully saturated rings. The summed E-state index contributed by atoms with van der Waals surface area (Å²) in [6.07, 6.45) is 0.672. The second kappa shape index (κ2) is 4.51. The van der Waals surface area contributed by atoms with Crippen LogP contribution in [0.25, 0.3) is 0 Å². The van der Waals surface area contributed by atoms with Crippen LogP contribution in [0.3, 0.4) is 0 Å². The summed E-state index contributed by atoms with van der Waals surface area (Å²) in [5, 5.41) is 8.46. The van der Waals surface area contributed by atoms with E-state index in [1.165, 1.54) is 24.3 Å². The van der Waals surface area contributed by atoms with Crippen LogP contribution in [0.5, 0.6) is 0 Å². The number of carboxylic acid groups (broad SMARTS) is 1. The molecule has 0 atom stereocenters. The molecule has 0 radical (unpaired) electrons. The Kier molecular flexibility index (Phi) is 4.00. The summed E-state index contributed by atoms with van der Waals surface area (Å²) in [4.78, 5) is 20.5. The number of hydrogen-bond donors (Lipinski definition) is 1. The molecule has 3 nitrogen and oxygen atoms in total. The minimum absolute atomic E-state index is 0. The van der Waals surface area contributed by atoms with Crippen LogP contribution in [-0.2, 0) is 0 Å². The van der Waals surface area contributed by atoms with Crippen molar-refractivity contribution >= 4 is 24.7 Å². The van der Waals surface area contributed by atoms with Gasteiger partial charge in [0.15, 0.2) is 0 Å². The van der Waals surface area contributed by atoms with Crippen molar-refractivity contribution in [3.63, 3.8) is 0 Å². The lowest BCUT2D eigenvalue weighted by Crippen LogP contribution is -1.95. The Labute approximate surface area is 75.4 Å². The van der Waals surface area contributed by atoms with E-state index >= 15 is 0 Å². The van der Waals surface area contributed by atoms with Gasteiger partial charge in [-0.25, -0.2) is 4.79 Å². The van der Waals surface area contributed by atoms with Crippen LogP contribution in [0.2, 0.25) is 0 Å². The molecule has 0 aromatic heterocycles. The van der Waals surface area contributed by atoms with Crippen molar-refractivity contribution in [2.75, 3.05) is 0 Å². The molecule has 1 aromatic carbocycles. The maximum Gasteiger partial charge on any atom is 0.335 e. The topological polar surface area (TPSA) is 54.4 Å². The Hall–Kier alpha value is -1.35. The Morgan fingerprint density at radius 2 is 1.75 bits per heavy atom. The van der Waals surface area contributed by atoms with Gasteiger partial charge in [0, 0.05) is 5.56 Å². The first-order valence-corrected chi connectivity index (χ1v) is 3.02. The van der Waals surface area contributed by atoms with Crippen LogP contribution < -0.4 is 0 Å². The first-order chi connectivity index (χ1) is 5.24. The number of carbonyl (C=O) groups excluding carboxylic acids is 1. The van der Waals surface area contributed by atoms with Gasteiger partial charge in [-0.15, -0.1) is 12.4 Å². The van der Waals surface area contributed by atoms with Crippen LogP contribution in [-0.4, -0.2) is 17.4 Å². The zero-order valence-electron chi connectivity index (χ0n) is 6.06. The highest BCUT2D eigenvalue weighted by atomic mass is 35.5. The lowest BCUT2D eigenvalue weighted by Gasteiger charge is -1.92. The quantitative estimate of drug-likeness (QED) is 0.714. The standard InChI is InChI=1S/C8H6O3.ClH/c9-5-6-1-3-7(4-2-6)8(10)11;/h1-5H,(H,10,11);1H. The van der Waals surface area contributed by atoms with Crippen LogP contribution in [0.15, 0.2) is 24.3 Å². The molecule has 64 valence electrons. The molecule has 0 aliphatic heterocycles. The van der Waals surface area contributed by atoms with Crippen molar-refractivity contribution in [2.45, 2.75) is 0 Å². The van der Waals surface area contributed by atoms with Gasteiger partial charge in [0.1, 0.15) is 6.29 Å². The molecule has 0 saturated heterocycles. The molecule has 0 amide bonds. The van der Waals surface area contributed by atoms with Crippen molar-refractivity contribution in [1.82, 2.24) is 0 Å². The smallest absolute Gasteiger partial charge is 0.335 e. The highest BCUT2D eigenvalue weighted by Gasteiger charge is 1.99. The number of halogens is 1. The molecular weight excluding hydrogens is 180 g/mol. The van der Waals surface area contributed by atoms with Crippen LogP contribution in [0, 0.1) is 0 Å². The molecule has 1 aromatic rings. The third-order valence-electron chi connectivity index (χ3n) is 1.29. The summed E-state index contributed by atoms with van der Waals surface area (Å²) in [5.41, 5.74) is 0.672. The minimum atomic E-state index is -0.984. The SMILES string of the molecule is Cl.O=Cc1ccc(C(=O)O)cc1. The minimum Gasteiger partial charge on any atom is -0.478 e. The average Bonchev–Trinajstić information content (AvgIpc) is 2.05. The molecule has 0 saturated carbocycles. The second-order valence-electron chi connectivity index (χ2n) is 2.05. The number of benzene rings is 1. The first-order valence-electron chi connectivity index (χ1n) is 3.02. The maximum absolute atomic E-state index is 10.3. The van der Waals surface area contributed by atoms with Gasteiger partial charge in [0.05, 0.1) is 5.56 Å². The fourth-order valence-corrected chi connectivity index (χ4v) is 0.704. The van der Waals surface area contributed by atoms with E-state index in [9.17, 15) is 9.59 Å². The summed E-state index contributed by atoms with van der Waals surface area (Å²) < 4.78 is 0. The summed E-state index contributed by atoms with van der Waals surface area (Å²) in [6.45, 7) is 0. The Balaban J connectivity index is 0.00000121. The van der Waals surface area contributed by atoms with Crippen molar-refractivity contribution < 1.29 is 14.7 Å². The third-order valence-corrected chi connectivity index (χ3v) is 1.29. The van der Waals surface area contributed by atoms with Gasteiger partial charge in [0.25, 0.3) is 0 Å². The molecule has 4 heteroatoms. The van der Waals surface area contributed by atoms with E-state index in [2.05, 4.69) is 0 Å². The van der Waals surface area contributed by atoms with Gasteiger partial charge >= 0.3 is 5.97 Å². The number of hydrogen-bond acceptors (Lipinski definition) is 2. The zero-order chi connectivity index (χ0) is 8.27. The molecule has 0 bridgehead atoms. The molecule has 12 heavy (non-hydrogen) atoms.